The molecule has 2 aromatic heterocycles. The van der Waals surface area contributed by atoms with Crippen LogP contribution in [0.5, 0.6) is 0 Å². The Morgan fingerprint density at radius 1 is 1.33 bits per heavy atom. The Bertz CT molecular complexity index is 714. The predicted molar refractivity (Wildman–Crippen MR) is 80.0 cm³/mol. The molecule has 3 rings (SSSR count). The van der Waals surface area contributed by atoms with Crippen molar-refractivity contribution in [2.45, 2.75) is 13.5 Å². The van der Waals surface area contributed by atoms with Gasteiger partial charge in [-0.15, -0.1) is 11.3 Å². The normalized spacial score (nSPS) is 11.2. The lowest BCUT2D eigenvalue weighted by atomic mass is 10.2. The summed E-state index contributed by atoms with van der Waals surface area (Å²) >= 11 is 5.20. The van der Waals surface area contributed by atoms with Gasteiger partial charge in [0.25, 0.3) is 0 Å². The third-order valence-corrected chi connectivity index (χ3v) is 4.48. The third kappa shape index (κ3) is 2.04. The van der Waals surface area contributed by atoms with Crippen molar-refractivity contribution in [2.24, 2.45) is 0 Å². The van der Waals surface area contributed by atoms with Crippen molar-refractivity contribution < 1.29 is 0 Å². The highest BCUT2D eigenvalue weighted by Gasteiger charge is 2.09. The third-order valence-electron chi connectivity index (χ3n) is 2.88. The first-order valence-electron chi connectivity index (χ1n) is 5.60. The van der Waals surface area contributed by atoms with Gasteiger partial charge in [-0.3, -0.25) is 0 Å². The first-order valence-corrected chi connectivity index (χ1v) is 7.21. The molecule has 0 aliphatic rings. The maximum absolute atomic E-state index is 6.00. The molecule has 92 valence electrons. The van der Waals surface area contributed by atoms with Crippen molar-refractivity contribution in [3.05, 3.63) is 44.6 Å². The molecule has 1 aromatic carbocycles. The molecule has 0 radical (unpaired) electrons. The van der Waals surface area contributed by atoms with Crippen LogP contribution in [0.3, 0.4) is 0 Å². The minimum Gasteiger partial charge on any atom is -0.369 e. The van der Waals surface area contributed by atoms with Crippen molar-refractivity contribution in [2.75, 3.05) is 5.73 Å². The fourth-order valence-corrected chi connectivity index (χ4v) is 3.49. The number of fused-ring (bicyclic) bond motifs is 1. The van der Waals surface area contributed by atoms with Crippen molar-refractivity contribution in [1.29, 1.82) is 0 Å². The molecule has 0 spiro atoms. The molecule has 0 atom stereocenters. The van der Waals surface area contributed by atoms with Crippen LogP contribution < -0.4 is 5.73 Å². The SMILES string of the molecule is Cc1ccc2c(c1)nc(N)n2Cc1ccc(Br)s1. The van der Waals surface area contributed by atoms with Crippen LogP contribution in [-0.2, 0) is 6.54 Å². The van der Waals surface area contributed by atoms with Gasteiger partial charge in [0, 0.05) is 4.88 Å². The van der Waals surface area contributed by atoms with Gasteiger partial charge in [0.2, 0.25) is 5.95 Å². The zero-order valence-electron chi connectivity index (χ0n) is 9.85. The summed E-state index contributed by atoms with van der Waals surface area (Å²) < 4.78 is 3.18. The minimum atomic E-state index is 0.570. The number of nitrogens with two attached hydrogens (primary N) is 1. The van der Waals surface area contributed by atoms with Gasteiger partial charge in [0.05, 0.1) is 21.4 Å². The number of aromatic nitrogens is 2. The number of aryl methyl sites for hydroxylation is 1. The summed E-state index contributed by atoms with van der Waals surface area (Å²) in [5.41, 5.74) is 9.25. The molecule has 0 bridgehead atoms. The van der Waals surface area contributed by atoms with Crippen molar-refractivity contribution in [3.63, 3.8) is 0 Å². The first-order chi connectivity index (χ1) is 8.63. The number of nitrogen functional groups attached to an aromatic ring is 1. The summed E-state index contributed by atoms with van der Waals surface area (Å²) in [4.78, 5) is 5.67. The molecule has 0 unspecified atom stereocenters. The number of imidazole rings is 1. The van der Waals surface area contributed by atoms with Crippen molar-refractivity contribution in [3.8, 4) is 0 Å². The van der Waals surface area contributed by atoms with E-state index in [2.05, 4.69) is 58.2 Å². The van der Waals surface area contributed by atoms with Crippen LogP contribution in [0.15, 0.2) is 34.1 Å². The van der Waals surface area contributed by atoms with Gasteiger partial charge in [0.1, 0.15) is 0 Å². The fourth-order valence-electron chi connectivity index (χ4n) is 2.02. The van der Waals surface area contributed by atoms with E-state index in [0.717, 1.165) is 21.4 Å². The molecule has 3 aromatic rings. The quantitative estimate of drug-likeness (QED) is 0.780. The molecule has 0 aliphatic carbocycles. The average Bonchev–Trinajstić information content (AvgIpc) is 2.84. The largest absolute Gasteiger partial charge is 0.369 e. The molecular weight excluding hydrogens is 310 g/mol. The Labute approximate surface area is 117 Å². The van der Waals surface area contributed by atoms with E-state index in [9.17, 15) is 0 Å². The predicted octanol–water partition coefficient (Wildman–Crippen LogP) is 3.80. The van der Waals surface area contributed by atoms with Crippen LogP contribution in [0.2, 0.25) is 0 Å². The fraction of sp³-hybridized carbons (Fsp3) is 0.154. The standard InChI is InChI=1S/C13H12BrN3S/c1-8-2-4-11-10(6-8)16-13(15)17(11)7-9-3-5-12(14)18-9/h2-6H,7H2,1H3,(H2,15,16). The van der Waals surface area contributed by atoms with Crippen LogP contribution >= 0.6 is 27.3 Å². The molecule has 2 N–H and O–H groups in total. The number of hydrogen-bond acceptors (Lipinski definition) is 3. The first kappa shape index (κ1) is 11.7. The maximum Gasteiger partial charge on any atom is 0.201 e. The highest BCUT2D eigenvalue weighted by atomic mass is 79.9. The summed E-state index contributed by atoms with van der Waals surface area (Å²) in [6.45, 7) is 2.83. The van der Waals surface area contributed by atoms with Crippen LogP contribution in [-0.4, -0.2) is 9.55 Å². The molecular formula is C13H12BrN3S. The van der Waals surface area contributed by atoms with Crippen LogP contribution in [0.1, 0.15) is 10.4 Å². The van der Waals surface area contributed by atoms with E-state index in [4.69, 9.17) is 5.73 Å². The smallest absolute Gasteiger partial charge is 0.201 e. The van der Waals surface area contributed by atoms with Crippen LogP contribution in [0, 0.1) is 6.92 Å². The molecule has 18 heavy (non-hydrogen) atoms. The maximum atomic E-state index is 6.00. The summed E-state index contributed by atoms with van der Waals surface area (Å²) in [6, 6.07) is 10.4. The molecule has 2 heterocycles. The topological polar surface area (TPSA) is 43.8 Å². The van der Waals surface area contributed by atoms with E-state index in [1.807, 2.05) is 4.57 Å². The van der Waals surface area contributed by atoms with Gasteiger partial charge < -0.3 is 10.3 Å². The lowest BCUT2D eigenvalue weighted by Gasteiger charge is -2.04. The summed E-state index contributed by atoms with van der Waals surface area (Å²) in [5.74, 6) is 0.570. The van der Waals surface area contributed by atoms with E-state index in [1.165, 1.54) is 10.4 Å². The lowest BCUT2D eigenvalue weighted by Crippen LogP contribution is -2.03. The zero-order chi connectivity index (χ0) is 12.7. The summed E-state index contributed by atoms with van der Waals surface area (Å²) in [5, 5.41) is 0. The number of hydrogen-bond donors (Lipinski definition) is 1. The minimum absolute atomic E-state index is 0.570. The molecule has 3 nitrogen and oxygen atoms in total. The molecule has 0 aliphatic heterocycles. The number of halogens is 1. The van der Waals surface area contributed by atoms with Crippen LogP contribution in [0.4, 0.5) is 5.95 Å². The number of rotatable bonds is 2. The van der Waals surface area contributed by atoms with E-state index in [-0.39, 0.29) is 0 Å². The Morgan fingerprint density at radius 3 is 2.89 bits per heavy atom. The zero-order valence-corrected chi connectivity index (χ0v) is 12.3. The van der Waals surface area contributed by atoms with E-state index < -0.39 is 0 Å². The highest BCUT2D eigenvalue weighted by molar-refractivity contribution is 9.11. The van der Waals surface area contributed by atoms with E-state index >= 15 is 0 Å². The molecule has 0 saturated carbocycles. The van der Waals surface area contributed by atoms with E-state index in [0.29, 0.717) is 5.95 Å². The van der Waals surface area contributed by atoms with Gasteiger partial charge >= 0.3 is 0 Å². The van der Waals surface area contributed by atoms with Crippen LogP contribution in [0.25, 0.3) is 11.0 Å². The van der Waals surface area contributed by atoms with Gasteiger partial charge in [0.15, 0.2) is 0 Å². The Kier molecular flexibility index (Phi) is 2.87. The second-order valence-corrected chi connectivity index (χ2v) is 6.80. The monoisotopic (exact) mass is 321 g/mol. The van der Waals surface area contributed by atoms with Gasteiger partial charge in [-0.1, -0.05) is 6.07 Å². The highest BCUT2D eigenvalue weighted by Crippen LogP contribution is 2.26. The van der Waals surface area contributed by atoms with E-state index in [1.54, 1.807) is 11.3 Å². The number of nitrogens with zero attached hydrogens (tertiary/aromatic N) is 2. The molecule has 0 saturated heterocycles. The van der Waals surface area contributed by atoms with Gasteiger partial charge in [-0.25, -0.2) is 4.98 Å². The van der Waals surface area contributed by atoms with Gasteiger partial charge in [-0.05, 0) is 52.7 Å². The summed E-state index contributed by atoms with van der Waals surface area (Å²) in [7, 11) is 0. The molecule has 5 heteroatoms. The van der Waals surface area contributed by atoms with Crippen molar-refractivity contribution in [1.82, 2.24) is 9.55 Å². The molecule has 0 amide bonds. The molecule has 0 fully saturated rings. The number of benzene rings is 1. The Hall–Kier alpha value is -1.33. The van der Waals surface area contributed by atoms with Crippen molar-refractivity contribution >= 4 is 44.2 Å². The average molecular weight is 322 g/mol. The Morgan fingerprint density at radius 2 is 2.17 bits per heavy atom. The second kappa shape index (κ2) is 4.40. The van der Waals surface area contributed by atoms with Gasteiger partial charge in [-0.2, -0.15) is 0 Å². The number of anilines is 1. The summed E-state index contributed by atoms with van der Waals surface area (Å²) in [6.07, 6.45) is 0. The lowest BCUT2D eigenvalue weighted by molar-refractivity contribution is 0.853. The number of thiophene rings is 1. The second-order valence-electron chi connectivity index (χ2n) is 4.25. The Balaban J connectivity index is 2.08.